The third kappa shape index (κ3) is 23.5. The Morgan fingerprint density at radius 1 is 0.317 bits per heavy atom. The van der Waals surface area contributed by atoms with Gasteiger partial charge in [0.15, 0.2) is 0 Å². The minimum absolute atomic E-state index is 0.0405. The Kier molecular flexibility index (Phi) is 33.4. The van der Waals surface area contributed by atoms with Gasteiger partial charge in [0.2, 0.25) is 0 Å². The van der Waals surface area contributed by atoms with Gasteiger partial charge in [0, 0.05) is 86.3 Å². The quantitative estimate of drug-likeness (QED) is 0.0669. The third-order valence-corrected chi connectivity index (χ3v) is 36.7. The molecule has 8 unspecified atom stereocenters. The number of aromatic amines is 7. The number of nitrogens with zero attached hydrogens (tertiary/aromatic N) is 12. The number of imidazole rings is 5. The Morgan fingerprint density at radius 3 is 0.993 bits per heavy atom. The lowest BCUT2D eigenvalue weighted by molar-refractivity contribution is 0.0675. The van der Waals surface area contributed by atoms with Crippen LogP contribution in [-0.4, -0.2) is 161 Å². The van der Waals surface area contributed by atoms with Gasteiger partial charge in [-0.2, -0.15) is 20.4 Å². The van der Waals surface area contributed by atoms with Crippen molar-refractivity contribution in [2.45, 2.75) is 146 Å². The van der Waals surface area contributed by atoms with E-state index in [1.54, 1.807) is 150 Å². The van der Waals surface area contributed by atoms with Crippen LogP contribution in [0.2, 0.25) is 0 Å². The normalized spacial score (nSPS) is 20.4. The maximum Gasteiger partial charge on any atom is 0.136 e. The molecule has 0 bridgehead atoms. The fourth-order valence-electron chi connectivity index (χ4n) is 18.7. The summed E-state index contributed by atoms with van der Waals surface area (Å²) in [7, 11) is 3.97. The average molecular weight is 2150 g/mol. The molecule has 10 atom stereocenters. The predicted octanol–water partition coefficient (Wildman–Crippen LogP) is 23.0. The van der Waals surface area contributed by atoms with E-state index in [4.69, 9.17) is 47.4 Å². The number of rotatable bonds is 10. The van der Waals surface area contributed by atoms with E-state index in [1.807, 2.05) is 105 Å². The number of hydrogen-bond acceptors (Lipinski definition) is 31. The number of hydrogen-bond donors (Lipinski definition) is 7. The number of fused-ring (bicyclic) bond motifs is 10. The molecule has 20 aromatic heterocycles. The number of H-pyrrole nitrogens is 7. The monoisotopic (exact) mass is 2150 g/mol. The molecule has 0 saturated carbocycles. The van der Waals surface area contributed by atoms with E-state index in [2.05, 4.69) is 218 Å². The molecule has 30 rings (SSSR count). The second-order valence-corrected chi connectivity index (χ2v) is 45.4. The van der Waals surface area contributed by atoms with E-state index < -0.39 is 0 Å². The van der Waals surface area contributed by atoms with E-state index >= 15 is 0 Å². The maximum atomic E-state index is 5.84. The van der Waals surface area contributed by atoms with Gasteiger partial charge in [-0.15, -0.1) is 125 Å². The van der Waals surface area contributed by atoms with Crippen molar-refractivity contribution in [3.05, 3.63) is 397 Å². The Morgan fingerprint density at radius 2 is 0.676 bits per heavy atom. The highest BCUT2D eigenvalue weighted by Gasteiger charge is 2.35. The van der Waals surface area contributed by atoms with Gasteiger partial charge in [0.1, 0.15) is 66.9 Å². The number of nitrogens with one attached hydrogen (secondary N) is 7. The van der Waals surface area contributed by atoms with Gasteiger partial charge < -0.3 is 71.9 Å². The van der Waals surface area contributed by atoms with E-state index in [9.17, 15) is 0 Å². The highest BCUT2D eigenvalue weighted by Crippen LogP contribution is 2.46. The molecule has 10 aliphatic heterocycles. The minimum Gasteiger partial charge on any atom is -0.366 e. The molecule has 750 valence electrons. The highest BCUT2D eigenvalue weighted by molar-refractivity contribution is 7.13. The molecule has 20 aromatic rings. The Hall–Kier alpha value is -10.9. The van der Waals surface area contributed by atoms with Gasteiger partial charge in [-0.3, -0.25) is 20.0 Å². The van der Waals surface area contributed by atoms with Crippen molar-refractivity contribution in [1.82, 2.24) is 94.8 Å². The summed E-state index contributed by atoms with van der Waals surface area (Å²) < 4.78 is 61.8. The van der Waals surface area contributed by atoms with Crippen LogP contribution in [0.4, 0.5) is 0 Å². The standard InChI is InChI=1S/5C11H12N2OS.4C10H10N2OS.C10H9NOS2/c1-13-9(2-5-12-13)10-11-8(3-6-14-10)4-7-15-11;1-13-7-12-6-9(13)10-11-8(2-4-14-10)3-5-15-11;1-7-12-6-9(13-7)10-11-8(2-4-14-10)3-5-15-11;1-7-6-12-13-9(7)10-11-8(2-4-14-10)3-5-15-11;1-7-6-9(13-12-7)10-11-8(2-4-14-10)3-5-15-11;1-4-11-12-8(1)9-10-7(2-5-13-9)3-6-14-10;3*1-3-13-9(8-5-11-6-12-8)10-7(1)2-4-14-10;1-3-12-9(8-5-13-6-11-8)10-7(1)2-4-14-10/h2,4-5,7,10H,3,6H2,1H3;3,5-7,10H,2,4H2,1H3;3*3,5-6,10H,2,4H2,1H3,(H,12,13);1,3-4,6,9H,2,5H2,(H,11,12);3*2,4-6,9H,1,3H2,(H,11,12);2,4-6,9H,1,3H2/t;;;;;;2*9-;;/m......10../s1. The van der Waals surface area contributed by atoms with Crippen molar-refractivity contribution in [3.8, 4) is 0 Å². The molecule has 30 heterocycles. The summed E-state index contributed by atoms with van der Waals surface area (Å²) in [5.41, 5.74) is 29.0. The lowest BCUT2D eigenvalue weighted by Gasteiger charge is -2.23. The number of thiophene rings is 10. The zero-order valence-corrected chi connectivity index (χ0v) is 89.2. The van der Waals surface area contributed by atoms with Gasteiger partial charge in [-0.25, -0.2) is 29.9 Å². The first kappa shape index (κ1) is 100. The molecular weight excluding hydrogens is 2040 g/mol. The molecule has 0 saturated heterocycles. The summed E-state index contributed by atoms with van der Waals surface area (Å²) in [6, 6.07) is 28.0. The first-order valence-electron chi connectivity index (χ1n) is 48.1. The number of aromatic nitrogens is 19. The van der Waals surface area contributed by atoms with E-state index in [0.717, 1.165) is 199 Å². The SMILES string of the molecule is Cc1cc(C2OCCc3ccsc32)n[nH]1.Cc1cn[nH]c1C1OCCc2ccsc21.Cc1ncc(C2OCCc3ccsc32)[nH]1.Cn1cncc1C1OCCc2ccsc21.Cn1nccc1C1OCCc2ccsc21.c1cc(C2OCCc3ccsc32)[nH]n1.c1nc(C2OCCc3ccsc32)cs1.c1ncc(C2OCCc3ccsc32)[nH]1.c1ncc([C@@H]2OCCc3ccsc32)[nH]1.c1ncc([C@H]2OCCc3ccsc32)[nH]1. The van der Waals surface area contributed by atoms with Crippen LogP contribution in [0, 0.1) is 20.8 Å². The highest BCUT2D eigenvalue weighted by atomic mass is 32.1. The van der Waals surface area contributed by atoms with Crippen LogP contribution in [0.15, 0.2) is 218 Å². The van der Waals surface area contributed by atoms with Crippen LogP contribution in [0.5, 0.6) is 0 Å². The molecule has 7 N–H and O–H groups in total. The van der Waals surface area contributed by atoms with Crippen molar-refractivity contribution in [1.29, 1.82) is 0 Å². The molecule has 0 radical (unpaired) electrons. The van der Waals surface area contributed by atoms with Crippen LogP contribution in [0.1, 0.15) is 239 Å². The number of thiazole rings is 1. The number of aryl methyl sites for hydroxylation is 5. The van der Waals surface area contributed by atoms with Crippen molar-refractivity contribution in [3.63, 3.8) is 0 Å². The fraction of sp³-hybridized carbons (Fsp3) is 0.333. The molecule has 0 amide bonds. The Balaban J connectivity index is 0.0000000948. The van der Waals surface area contributed by atoms with Crippen LogP contribution in [-0.2, 0) is 126 Å². The average Bonchev–Trinajstić information content (AvgIpc) is 1.66. The van der Waals surface area contributed by atoms with Crippen LogP contribution in [0.3, 0.4) is 0 Å². The van der Waals surface area contributed by atoms with E-state index in [-0.39, 0.29) is 61.0 Å². The summed E-state index contributed by atoms with van der Waals surface area (Å²) >= 11 is 19.3. The zero-order chi connectivity index (χ0) is 98.2. The summed E-state index contributed by atoms with van der Waals surface area (Å²) in [5, 5.41) is 48.8. The van der Waals surface area contributed by atoms with Crippen LogP contribution < -0.4 is 0 Å². The van der Waals surface area contributed by atoms with Gasteiger partial charge in [-0.1, -0.05) is 0 Å². The summed E-state index contributed by atoms with van der Waals surface area (Å²) in [6.07, 6.45) is 32.6. The second-order valence-electron chi connectivity index (χ2n) is 35.2. The molecular formula is C105H109N19O10S11. The lowest BCUT2D eigenvalue weighted by atomic mass is 10.0. The maximum absolute atomic E-state index is 5.84. The minimum atomic E-state index is 0.0405. The smallest absolute Gasteiger partial charge is 0.136 e. The Labute approximate surface area is 882 Å². The predicted molar refractivity (Wildman–Crippen MR) is 571 cm³/mol. The molecule has 29 nitrogen and oxygen atoms in total. The molecule has 0 fully saturated rings. The second kappa shape index (κ2) is 48.4. The fourth-order valence-corrected chi connectivity index (χ4v) is 29.5. The third-order valence-electron chi connectivity index (χ3n) is 26.1. The Bertz CT molecular complexity index is 6540. The molecule has 0 aliphatic carbocycles. The molecule has 40 heteroatoms. The summed E-state index contributed by atoms with van der Waals surface area (Å²) in [4.78, 5) is 50.6. The van der Waals surface area contributed by atoms with Crippen molar-refractivity contribution < 1.29 is 47.4 Å². The van der Waals surface area contributed by atoms with Crippen molar-refractivity contribution >= 4 is 125 Å². The number of ether oxygens (including phenoxy) is 10. The van der Waals surface area contributed by atoms with Gasteiger partial charge >= 0.3 is 0 Å². The van der Waals surface area contributed by atoms with Gasteiger partial charge in [-0.05, 0) is 279 Å². The lowest BCUT2D eigenvalue weighted by Crippen LogP contribution is -2.17. The molecule has 10 aliphatic rings. The first-order valence-corrected chi connectivity index (χ1v) is 57.8. The summed E-state index contributed by atoms with van der Waals surface area (Å²) in [5.74, 6) is 0.942. The van der Waals surface area contributed by atoms with E-state index in [1.165, 1.54) is 110 Å². The van der Waals surface area contributed by atoms with Gasteiger partial charge in [0.25, 0.3) is 0 Å². The zero-order valence-electron chi connectivity index (χ0n) is 80.2. The van der Waals surface area contributed by atoms with Crippen LogP contribution >= 0.6 is 125 Å². The van der Waals surface area contributed by atoms with Gasteiger partial charge in [0.05, 0.1) is 191 Å². The van der Waals surface area contributed by atoms with Crippen LogP contribution in [0.25, 0.3) is 0 Å². The topological polar surface area (TPSA) is 342 Å². The molecule has 145 heavy (non-hydrogen) atoms. The molecule has 0 aromatic carbocycles. The summed E-state index contributed by atoms with van der Waals surface area (Å²) in [6.45, 7) is 14.0. The molecule has 0 spiro atoms. The van der Waals surface area contributed by atoms with E-state index in [0.29, 0.717) is 0 Å². The van der Waals surface area contributed by atoms with Crippen molar-refractivity contribution in [2.24, 2.45) is 14.1 Å². The largest absolute Gasteiger partial charge is 0.366 e. The van der Waals surface area contributed by atoms with Crippen molar-refractivity contribution in [2.75, 3.05) is 66.1 Å². The first-order chi connectivity index (χ1) is 71.5.